The number of phosphoric acid groups is 1. The van der Waals surface area contributed by atoms with E-state index in [1.807, 2.05) is 19.9 Å². The maximum Gasteiger partial charge on any atom is 0.474 e. The molecule has 0 aromatic rings. The van der Waals surface area contributed by atoms with Gasteiger partial charge in [-0.2, -0.15) is 0 Å². The van der Waals surface area contributed by atoms with Crippen molar-refractivity contribution >= 4 is 13.6 Å². The Hall–Kier alpha value is -0.480. The second kappa shape index (κ2) is 8.46. The van der Waals surface area contributed by atoms with E-state index in [0.29, 0.717) is 49.8 Å². The van der Waals surface area contributed by atoms with Crippen molar-refractivity contribution in [3.05, 3.63) is 11.6 Å². The van der Waals surface area contributed by atoms with Gasteiger partial charge in [-0.25, -0.2) is 4.57 Å². The third-order valence-corrected chi connectivity index (χ3v) is 10.8. The summed E-state index contributed by atoms with van der Waals surface area (Å²) in [7, 11) is -3.45. The van der Waals surface area contributed by atoms with Gasteiger partial charge in [0.05, 0.1) is 19.8 Å². The van der Waals surface area contributed by atoms with Crippen LogP contribution in [0.2, 0.25) is 0 Å². The van der Waals surface area contributed by atoms with Gasteiger partial charge in [-0.1, -0.05) is 19.4 Å². The van der Waals surface area contributed by atoms with Crippen molar-refractivity contribution in [1.82, 2.24) is 0 Å². The van der Waals surface area contributed by atoms with E-state index < -0.39 is 7.82 Å². The Bertz CT molecular complexity index is 738. The number of allylic oxidation sites excluding steroid dienone is 1. The van der Waals surface area contributed by atoms with Gasteiger partial charge in [-0.15, -0.1) is 0 Å². The van der Waals surface area contributed by atoms with E-state index in [0.717, 1.165) is 25.2 Å². The first-order chi connectivity index (χ1) is 14.3. The number of hydrogen-bond donors (Lipinski definition) is 0. The lowest BCUT2D eigenvalue weighted by molar-refractivity contribution is -0.117. The molecule has 3 fully saturated rings. The molecule has 0 saturated heterocycles. The van der Waals surface area contributed by atoms with E-state index in [4.69, 9.17) is 13.6 Å². The molecule has 6 unspecified atom stereocenters. The summed E-state index contributed by atoms with van der Waals surface area (Å²) in [6, 6.07) is 0. The summed E-state index contributed by atoms with van der Waals surface area (Å²) in [6.07, 6.45) is 10.8. The molecule has 4 aliphatic carbocycles. The van der Waals surface area contributed by atoms with E-state index in [9.17, 15) is 9.36 Å². The fraction of sp³-hybridized carbons (Fsp3) is 0.875. The molecule has 170 valence electrons. The number of hydrogen-bond acceptors (Lipinski definition) is 5. The Morgan fingerprint density at radius 2 is 1.70 bits per heavy atom. The first-order valence-electron chi connectivity index (χ1n) is 12.0. The minimum atomic E-state index is -3.45. The van der Waals surface area contributed by atoms with E-state index in [2.05, 4.69) is 13.8 Å². The van der Waals surface area contributed by atoms with Gasteiger partial charge >= 0.3 is 7.82 Å². The van der Waals surface area contributed by atoms with Crippen LogP contribution in [0.1, 0.15) is 79.1 Å². The fourth-order valence-corrected chi connectivity index (χ4v) is 8.77. The molecule has 0 spiro atoms. The molecule has 0 heterocycles. The van der Waals surface area contributed by atoms with Crippen LogP contribution < -0.4 is 0 Å². The first-order valence-corrected chi connectivity index (χ1v) is 13.5. The Kier molecular flexibility index (Phi) is 6.40. The summed E-state index contributed by atoms with van der Waals surface area (Å²) in [4.78, 5) is 12.0. The van der Waals surface area contributed by atoms with Gasteiger partial charge in [-0.3, -0.25) is 18.4 Å². The highest BCUT2D eigenvalue weighted by Gasteiger charge is 2.59. The van der Waals surface area contributed by atoms with Crippen LogP contribution in [-0.2, 0) is 22.9 Å². The Morgan fingerprint density at radius 3 is 2.40 bits per heavy atom. The van der Waals surface area contributed by atoms with Crippen LogP contribution in [0.5, 0.6) is 0 Å². The molecule has 6 heteroatoms. The van der Waals surface area contributed by atoms with E-state index in [1.54, 1.807) is 0 Å². The molecule has 0 N–H and O–H groups in total. The van der Waals surface area contributed by atoms with Crippen LogP contribution in [0, 0.1) is 34.5 Å². The summed E-state index contributed by atoms with van der Waals surface area (Å²) in [5, 5.41) is 0. The average molecular weight is 439 g/mol. The lowest BCUT2D eigenvalue weighted by atomic mass is 9.47. The lowest BCUT2D eigenvalue weighted by Crippen LogP contribution is -2.50. The highest BCUT2D eigenvalue weighted by atomic mass is 31.2. The molecular weight excluding hydrogens is 399 g/mol. The maximum absolute atomic E-state index is 12.8. The number of rotatable bonds is 7. The number of ketones is 1. The van der Waals surface area contributed by atoms with Gasteiger partial charge in [0.1, 0.15) is 0 Å². The van der Waals surface area contributed by atoms with Crippen molar-refractivity contribution in [1.29, 1.82) is 0 Å². The Balaban J connectivity index is 1.48. The highest BCUT2D eigenvalue weighted by molar-refractivity contribution is 7.48. The quantitative estimate of drug-likeness (QED) is 0.435. The zero-order chi connectivity index (χ0) is 21.6. The van der Waals surface area contributed by atoms with Crippen molar-refractivity contribution in [3.63, 3.8) is 0 Å². The van der Waals surface area contributed by atoms with Crippen molar-refractivity contribution in [2.75, 3.05) is 19.8 Å². The minimum Gasteiger partial charge on any atom is -0.295 e. The lowest BCUT2D eigenvalue weighted by Gasteiger charge is -2.58. The molecule has 0 aromatic heterocycles. The molecule has 4 aliphatic rings. The van der Waals surface area contributed by atoms with Crippen LogP contribution in [0.25, 0.3) is 0 Å². The normalized spacial score (nSPS) is 41.1. The maximum atomic E-state index is 12.8. The summed E-state index contributed by atoms with van der Waals surface area (Å²) >= 11 is 0. The van der Waals surface area contributed by atoms with Crippen LogP contribution in [0.4, 0.5) is 0 Å². The van der Waals surface area contributed by atoms with Crippen molar-refractivity contribution in [2.45, 2.75) is 79.1 Å². The first kappa shape index (κ1) is 22.7. The molecule has 0 aliphatic heterocycles. The molecule has 0 radical (unpaired) electrons. The number of carbonyl (C=O) groups is 1. The average Bonchev–Trinajstić information content (AvgIpc) is 3.04. The van der Waals surface area contributed by atoms with E-state index in [1.165, 1.54) is 31.3 Å². The molecule has 6 atom stereocenters. The third kappa shape index (κ3) is 3.78. The van der Waals surface area contributed by atoms with Gasteiger partial charge in [-0.05, 0) is 99.4 Å². The van der Waals surface area contributed by atoms with Gasteiger partial charge in [0.25, 0.3) is 0 Å². The molecule has 4 rings (SSSR count). The zero-order valence-electron chi connectivity index (χ0n) is 19.2. The van der Waals surface area contributed by atoms with Crippen LogP contribution in [0.3, 0.4) is 0 Å². The molecule has 5 nitrogen and oxygen atoms in total. The number of carbonyl (C=O) groups excluding carboxylic acids is 1. The summed E-state index contributed by atoms with van der Waals surface area (Å²) in [6.45, 7) is 9.60. The fourth-order valence-electron chi connectivity index (χ4n) is 7.55. The number of fused-ring (bicyclic) bond motifs is 5. The summed E-state index contributed by atoms with van der Waals surface area (Å²) in [5.41, 5.74) is 1.87. The second-order valence-electron chi connectivity index (χ2n) is 10.4. The third-order valence-electron chi connectivity index (χ3n) is 9.17. The summed E-state index contributed by atoms with van der Waals surface area (Å²) < 4.78 is 29.3. The zero-order valence-corrected chi connectivity index (χ0v) is 20.0. The SMILES string of the molecule is CCOP(=O)(OCC)OCC1CCC2C3CCC4=CC(=O)CCC4(C)C3CCC12C. The molecule has 3 saturated carbocycles. The van der Waals surface area contributed by atoms with Crippen LogP contribution >= 0.6 is 7.82 Å². The standard InChI is InChI=1S/C24H39O5P/c1-5-27-30(26,28-6-2)29-16-18-8-10-21-20-9-7-17-15-19(25)11-13-23(17,3)22(20)12-14-24(18,21)4/h15,18,20-22H,5-14,16H2,1-4H3. The Labute approximate surface area is 181 Å². The predicted molar refractivity (Wildman–Crippen MR) is 117 cm³/mol. The molecular formula is C24H39O5P. The van der Waals surface area contributed by atoms with E-state index in [-0.39, 0.29) is 10.8 Å². The van der Waals surface area contributed by atoms with Crippen molar-refractivity contribution < 1.29 is 22.9 Å². The number of phosphoric ester groups is 1. The molecule has 0 aromatic carbocycles. The summed E-state index contributed by atoms with van der Waals surface area (Å²) in [5.74, 6) is 2.85. The smallest absolute Gasteiger partial charge is 0.295 e. The Morgan fingerprint density at radius 1 is 0.967 bits per heavy atom. The van der Waals surface area contributed by atoms with Crippen molar-refractivity contribution in [2.24, 2.45) is 34.5 Å². The minimum absolute atomic E-state index is 0.215. The van der Waals surface area contributed by atoms with Gasteiger partial charge in [0.15, 0.2) is 5.78 Å². The second-order valence-corrected chi connectivity index (χ2v) is 12.0. The van der Waals surface area contributed by atoms with Gasteiger partial charge < -0.3 is 0 Å². The van der Waals surface area contributed by atoms with E-state index >= 15 is 0 Å². The molecule has 0 bridgehead atoms. The van der Waals surface area contributed by atoms with Crippen LogP contribution in [-0.4, -0.2) is 25.6 Å². The van der Waals surface area contributed by atoms with Crippen molar-refractivity contribution in [3.8, 4) is 0 Å². The predicted octanol–water partition coefficient (Wildman–Crippen LogP) is 6.33. The highest BCUT2D eigenvalue weighted by Crippen LogP contribution is 2.67. The molecule has 30 heavy (non-hydrogen) atoms. The monoisotopic (exact) mass is 438 g/mol. The molecule has 0 amide bonds. The largest absolute Gasteiger partial charge is 0.474 e. The van der Waals surface area contributed by atoms with Crippen LogP contribution in [0.15, 0.2) is 11.6 Å². The topological polar surface area (TPSA) is 61.8 Å². The van der Waals surface area contributed by atoms with Gasteiger partial charge in [0.2, 0.25) is 0 Å². The van der Waals surface area contributed by atoms with Gasteiger partial charge in [0, 0.05) is 6.42 Å².